The van der Waals surface area contributed by atoms with Gasteiger partial charge in [0.05, 0.1) is 6.61 Å². The molecule has 53 valence electrons. The van der Waals surface area contributed by atoms with E-state index in [1.807, 2.05) is 6.61 Å². The zero-order valence-corrected chi connectivity index (χ0v) is 6.10. The first-order valence-electron chi connectivity index (χ1n) is 3.86. The van der Waals surface area contributed by atoms with Gasteiger partial charge in [-0.1, -0.05) is 19.8 Å². The largest absolute Gasteiger partial charge is 0.376 e. The minimum atomic E-state index is 0.943. The van der Waals surface area contributed by atoms with Crippen molar-refractivity contribution in [2.24, 2.45) is 5.92 Å². The molecule has 0 aromatic carbocycles. The minimum absolute atomic E-state index is 0.943. The lowest BCUT2D eigenvalue weighted by atomic mass is 10.3. The molecule has 1 radical (unpaired) electrons. The molecular weight excluding hydrogens is 112 g/mol. The van der Waals surface area contributed by atoms with Crippen LogP contribution in [0, 0.1) is 12.5 Å². The van der Waals surface area contributed by atoms with E-state index in [9.17, 15) is 0 Å². The summed E-state index contributed by atoms with van der Waals surface area (Å²) in [5, 5.41) is 0. The average molecular weight is 127 g/mol. The number of hydrogen-bond acceptors (Lipinski definition) is 1. The first-order chi connectivity index (χ1) is 4.43. The van der Waals surface area contributed by atoms with E-state index in [2.05, 4.69) is 6.92 Å². The Morgan fingerprint density at radius 3 is 2.89 bits per heavy atom. The van der Waals surface area contributed by atoms with Crippen molar-refractivity contribution in [2.45, 2.75) is 32.6 Å². The highest BCUT2D eigenvalue weighted by Crippen LogP contribution is 2.32. The van der Waals surface area contributed by atoms with Crippen LogP contribution in [0.1, 0.15) is 32.6 Å². The summed E-state index contributed by atoms with van der Waals surface area (Å²) in [4.78, 5) is 0. The molecule has 0 bridgehead atoms. The van der Waals surface area contributed by atoms with E-state index in [0.29, 0.717) is 0 Å². The molecule has 1 heteroatoms. The fourth-order valence-electron chi connectivity index (χ4n) is 0.842. The molecule has 0 N–H and O–H groups in total. The van der Waals surface area contributed by atoms with Crippen molar-refractivity contribution in [2.75, 3.05) is 6.61 Å². The highest BCUT2D eigenvalue weighted by Gasteiger charge is 2.20. The summed E-state index contributed by atoms with van der Waals surface area (Å²) in [6.45, 7) is 4.93. The van der Waals surface area contributed by atoms with Crippen LogP contribution < -0.4 is 0 Å². The van der Waals surface area contributed by atoms with Gasteiger partial charge in [0.2, 0.25) is 0 Å². The highest BCUT2D eigenvalue weighted by molar-refractivity contribution is 4.72. The van der Waals surface area contributed by atoms with Crippen molar-refractivity contribution < 1.29 is 4.74 Å². The maximum atomic E-state index is 5.21. The summed E-state index contributed by atoms with van der Waals surface area (Å²) in [5.74, 6) is 1.01. The van der Waals surface area contributed by atoms with Gasteiger partial charge in [-0.05, 0) is 18.8 Å². The smallest absolute Gasteiger partial charge is 0.0833 e. The second-order valence-electron chi connectivity index (χ2n) is 2.68. The molecule has 0 saturated heterocycles. The van der Waals surface area contributed by atoms with Gasteiger partial charge in [-0.15, -0.1) is 0 Å². The molecule has 1 nitrogen and oxygen atoms in total. The van der Waals surface area contributed by atoms with Crippen molar-refractivity contribution >= 4 is 0 Å². The SMILES string of the molecule is CC[CH]OCCC1CC1. The molecule has 0 aromatic rings. The molecule has 0 atom stereocenters. The van der Waals surface area contributed by atoms with Crippen LogP contribution in [0.15, 0.2) is 0 Å². The molecule has 1 aliphatic rings. The van der Waals surface area contributed by atoms with Gasteiger partial charge in [0, 0.05) is 6.61 Å². The van der Waals surface area contributed by atoms with Gasteiger partial charge in [-0.25, -0.2) is 0 Å². The maximum absolute atomic E-state index is 5.21. The molecule has 0 aliphatic heterocycles. The van der Waals surface area contributed by atoms with Gasteiger partial charge < -0.3 is 4.74 Å². The second-order valence-corrected chi connectivity index (χ2v) is 2.68. The Bertz CT molecular complexity index is 67.0. The van der Waals surface area contributed by atoms with Crippen LogP contribution in [-0.4, -0.2) is 6.61 Å². The summed E-state index contributed by atoms with van der Waals surface area (Å²) in [7, 11) is 0. The van der Waals surface area contributed by atoms with Crippen LogP contribution >= 0.6 is 0 Å². The molecule has 1 rings (SSSR count). The van der Waals surface area contributed by atoms with E-state index in [1.54, 1.807) is 0 Å². The first kappa shape index (κ1) is 7.07. The summed E-state index contributed by atoms with van der Waals surface area (Å²) in [5.41, 5.74) is 0. The van der Waals surface area contributed by atoms with E-state index in [4.69, 9.17) is 4.74 Å². The Morgan fingerprint density at radius 2 is 2.33 bits per heavy atom. The standard InChI is InChI=1S/C8H15O/c1-2-6-9-7-5-8-3-4-8/h6,8H,2-5,7H2,1H3. The van der Waals surface area contributed by atoms with Gasteiger partial charge in [0.25, 0.3) is 0 Å². The highest BCUT2D eigenvalue weighted by atomic mass is 16.5. The summed E-state index contributed by atoms with van der Waals surface area (Å²) >= 11 is 0. The van der Waals surface area contributed by atoms with Gasteiger partial charge in [-0.3, -0.25) is 0 Å². The molecule has 1 saturated carbocycles. The predicted octanol–water partition coefficient (Wildman–Crippen LogP) is 2.37. The van der Waals surface area contributed by atoms with Gasteiger partial charge >= 0.3 is 0 Å². The molecule has 0 heterocycles. The summed E-state index contributed by atoms with van der Waals surface area (Å²) < 4.78 is 5.21. The zero-order chi connectivity index (χ0) is 6.53. The lowest BCUT2D eigenvalue weighted by Gasteiger charge is -1.98. The average Bonchev–Trinajstić information content (AvgIpc) is 2.63. The van der Waals surface area contributed by atoms with Crippen LogP contribution in [-0.2, 0) is 4.74 Å². The number of ether oxygens (including phenoxy) is 1. The molecular formula is C8H15O. The Hall–Kier alpha value is -0.0400. The lowest BCUT2D eigenvalue weighted by Crippen LogP contribution is -1.91. The van der Waals surface area contributed by atoms with Crippen molar-refractivity contribution in [3.05, 3.63) is 6.61 Å². The Kier molecular flexibility index (Phi) is 3.05. The van der Waals surface area contributed by atoms with Gasteiger partial charge in [0.1, 0.15) is 0 Å². The molecule has 1 fully saturated rings. The molecule has 0 spiro atoms. The van der Waals surface area contributed by atoms with E-state index in [-0.39, 0.29) is 0 Å². The van der Waals surface area contributed by atoms with Crippen molar-refractivity contribution in [3.63, 3.8) is 0 Å². The van der Waals surface area contributed by atoms with E-state index < -0.39 is 0 Å². The Labute approximate surface area is 57.4 Å². The topological polar surface area (TPSA) is 9.23 Å². The third-order valence-corrected chi connectivity index (χ3v) is 1.63. The van der Waals surface area contributed by atoms with E-state index >= 15 is 0 Å². The predicted molar refractivity (Wildman–Crippen MR) is 37.9 cm³/mol. The number of hydrogen-bond donors (Lipinski definition) is 0. The molecule has 0 aromatic heterocycles. The minimum Gasteiger partial charge on any atom is -0.376 e. The van der Waals surface area contributed by atoms with Crippen LogP contribution in [0.2, 0.25) is 0 Å². The Morgan fingerprint density at radius 1 is 1.56 bits per heavy atom. The van der Waals surface area contributed by atoms with Gasteiger partial charge in [-0.2, -0.15) is 0 Å². The summed E-state index contributed by atoms with van der Waals surface area (Å²) in [6, 6.07) is 0. The molecule has 0 amide bonds. The van der Waals surface area contributed by atoms with Crippen molar-refractivity contribution in [1.29, 1.82) is 0 Å². The normalized spacial score (nSPS) is 18.3. The molecule has 9 heavy (non-hydrogen) atoms. The summed E-state index contributed by atoms with van der Waals surface area (Å²) in [6.07, 6.45) is 5.19. The lowest BCUT2D eigenvalue weighted by molar-refractivity contribution is 0.186. The molecule has 1 aliphatic carbocycles. The monoisotopic (exact) mass is 127 g/mol. The zero-order valence-electron chi connectivity index (χ0n) is 6.10. The van der Waals surface area contributed by atoms with Crippen LogP contribution in [0.25, 0.3) is 0 Å². The van der Waals surface area contributed by atoms with E-state index in [1.165, 1.54) is 19.3 Å². The quantitative estimate of drug-likeness (QED) is 0.515. The fourth-order valence-corrected chi connectivity index (χ4v) is 0.842. The van der Waals surface area contributed by atoms with E-state index in [0.717, 1.165) is 18.9 Å². The second kappa shape index (κ2) is 3.89. The maximum Gasteiger partial charge on any atom is 0.0833 e. The molecule has 0 unspecified atom stereocenters. The van der Waals surface area contributed by atoms with Crippen LogP contribution in [0.4, 0.5) is 0 Å². The van der Waals surface area contributed by atoms with Crippen LogP contribution in [0.3, 0.4) is 0 Å². The van der Waals surface area contributed by atoms with Crippen molar-refractivity contribution in [1.82, 2.24) is 0 Å². The fraction of sp³-hybridized carbons (Fsp3) is 0.875. The number of rotatable bonds is 5. The first-order valence-corrected chi connectivity index (χ1v) is 3.86. The Balaban J connectivity index is 1.71. The third kappa shape index (κ3) is 3.52. The third-order valence-electron chi connectivity index (χ3n) is 1.63. The van der Waals surface area contributed by atoms with Crippen molar-refractivity contribution in [3.8, 4) is 0 Å². The van der Waals surface area contributed by atoms with Gasteiger partial charge in [0.15, 0.2) is 0 Å². The van der Waals surface area contributed by atoms with Crippen LogP contribution in [0.5, 0.6) is 0 Å².